The van der Waals surface area contributed by atoms with E-state index in [1.165, 1.54) is 0 Å². The van der Waals surface area contributed by atoms with Gasteiger partial charge in [0, 0.05) is 4.47 Å². The third-order valence-electron chi connectivity index (χ3n) is 1.75. The van der Waals surface area contributed by atoms with E-state index in [2.05, 4.69) is 22.9 Å². The normalized spacial score (nSPS) is 10.1. The lowest BCUT2D eigenvalue weighted by molar-refractivity contribution is 0.470. The minimum atomic E-state index is 0.380. The van der Waals surface area contributed by atoms with Crippen molar-refractivity contribution in [2.75, 3.05) is 0 Å². The summed E-state index contributed by atoms with van der Waals surface area (Å²) in [5, 5.41) is 9.33. The lowest BCUT2D eigenvalue weighted by Gasteiger charge is -2.04. The van der Waals surface area contributed by atoms with Crippen molar-refractivity contribution in [1.82, 2.24) is 0 Å². The van der Waals surface area contributed by atoms with Gasteiger partial charge in [0.2, 0.25) is 0 Å². The molecule has 0 unspecified atom stereocenters. The fourth-order valence-electron chi connectivity index (χ4n) is 0.975. The highest BCUT2D eigenvalue weighted by Gasteiger charge is 2.01. The molecule has 0 radical (unpaired) electrons. The predicted molar refractivity (Wildman–Crippen MR) is 49.9 cm³/mol. The van der Waals surface area contributed by atoms with Crippen LogP contribution in [0.4, 0.5) is 0 Å². The van der Waals surface area contributed by atoms with Crippen molar-refractivity contribution in [2.45, 2.75) is 20.3 Å². The highest BCUT2D eigenvalue weighted by Crippen LogP contribution is 2.25. The maximum atomic E-state index is 9.33. The molecule has 1 nitrogen and oxygen atoms in total. The van der Waals surface area contributed by atoms with Gasteiger partial charge in [-0.25, -0.2) is 0 Å². The van der Waals surface area contributed by atoms with E-state index in [9.17, 15) is 5.11 Å². The van der Waals surface area contributed by atoms with Gasteiger partial charge in [-0.3, -0.25) is 0 Å². The van der Waals surface area contributed by atoms with Crippen LogP contribution < -0.4 is 0 Å². The second-order valence-corrected chi connectivity index (χ2v) is 3.44. The Morgan fingerprint density at radius 3 is 2.64 bits per heavy atom. The van der Waals surface area contributed by atoms with Crippen LogP contribution in [0.15, 0.2) is 16.6 Å². The van der Waals surface area contributed by atoms with Crippen molar-refractivity contribution in [3.63, 3.8) is 0 Å². The number of hydrogen-bond acceptors (Lipinski definition) is 1. The van der Waals surface area contributed by atoms with Crippen LogP contribution >= 0.6 is 15.9 Å². The maximum Gasteiger partial charge on any atom is 0.118 e. The van der Waals surface area contributed by atoms with Crippen LogP contribution in [0.5, 0.6) is 5.75 Å². The number of rotatable bonds is 1. The average Bonchev–Trinajstić information content (AvgIpc) is 1.97. The molecular weight excluding hydrogens is 204 g/mol. The van der Waals surface area contributed by atoms with Crippen LogP contribution in [-0.4, -0.2) is 5.11 Å². The Bertz CT molecular complexity index is 269. The molecule has 0 fully saturated rings. The van der Waals surface area contributed by atoms with E-state index in [4.69, 9.17) is 0 Å². The first-order valence-corrected chi connectivity index (χ1v) is 4.42. The summed E-state index contributed by atoms with van der Waals surface area (Å²) in [4.78, 5) is 0. The summed E-state index contributed by atoms with van der Waals surface area (Å²) in [7, 11) is 0. The first-order chi connectivity index (χ1) is 5.15. The molecule has 11 heavy (non-hydrogen) atoms. The molecule has 0 aliphatic carbocycles. The first-order valence-electron chi connectivity index (χ1n) is 3.63. The van der Waals surface area contributed by atoms with Crippen LogP contribution in [0, 0.1) is 6.92 Å². The van der Waals surface area contributed by atoms with Crippen LogP contribution in [0.3, 0.4) is 0 Å². The molecule has 60 valence electrons. The van der Waals surface area contributed by atoms with Gasteiger partial charge in [0.1, 0.15) is 5.75 Å². The zero-order valence-corrected chi connectivity index (χ0v) is 8.27. The minimum absolute atomic E-state index is 0.380. The Kier molecular flexibility index (Phi) is 2.55. The molecule has 0 saturated heterocycles. The van der Waals surface area contributed by atoms with Crippen molar-refractivity contribution >= 4 is 15.9 Å². The van der Waals surface area contributed by atoms with Crippen molar-refractivity contribution in [2.24, 2.45) is 0 Å². The SMILES string of the molecule is CCc1cc(O)c(C)cc1Br. The summed E-state index contributed by atoms with van der Waals surface area (Å²) in [5.74, 6) is 0.380. The van der Waals surface area contributed by atoms with Crippen LogP contribution in [0.25, 0.3) is 0 Å². The zero-order valence-electron chi connectivity index (χ0n) is 6.69. The fraction of sp³-hybridized carbons (Fsp3) is 0.333. The van der Waals surface area contributed by atoms with Gasteiger partial charge in [0.05, 0.1) is 0 Å². The summed E-state index contributed by atoms with van der Waals surface area (Å²) in [6.45, 7) is 3.95. The summed E-state index contributed by atoms with van der Waals surface area (Å²) in [6, 6.07) is 3.74. The third-order valence-corrected chi connectivity index (χ3v) is 2.48. The molecule has 2 heteroatoms. The van der Waals surface area contributed by atoms with E-state index in [1.807, 2.05) is 13.0 Å². The Balaban J connectivity index is 3.21. The molecule has 1 aromatic carbocycles. The Morgan fingerprint density at radius 1 is 1.45 bits per heavy atom. The average molecular weight is 215 g/mol. The molecule has 0 atom stereocenters. The number of hydrogen-bond donors (Lipinski definition) is 1. The predicted octanol–water partition coefficient (Wildman–Crippen LogP) is 3.03. The smallest absolute Gasteiger partial charge is 0.118 e. The van der Waals surface area contributed by atoms with E-state index in [0.717, 1.165) is 22.0 Å². The number of phenolic OH excluding ortho intramolecular Hbond substituents is 1. The molecule has 0 bridgehead atoms. The molecule has 0 aliphatic heterocycles. The number of halogens is 1. The Labute approximate surface area is 75.2 Å². The van der Waals surface area contributed by atoms with Gasteiger partial charge in [0.25, 0.3) is 0 Å². The first kappa shape index (κ1) is 8.60. The summed E-state index contributed by atoms with van der Waals surface area (Å²) in [6.07, 6.45) is 0.939. The number of aromatic hydroxyl groups is 1. The molecule has 1 N–H and O–H groups in total. The Hall–Kier alpha value is -0.500. The van der Waals surface area contributed by atoms with Crippen molar-refractivity contribution in [1.29, 1.82) is 0 Å². The van der Waals surface area contributed by atoms with E-state index < -0.39 is 0 Å². The fourth-order valence-corrected chi connectivity index (χ4v) is 1.71. The Morgan fingerprint density at radius 2 is 2.09 bits per heavy atom. The summed E-state index contributed by atoms with van der Waals surface area (Å²) < 4.78 is 1.08. The molecule has 0 aliphatic rings. The molecule has 0 saturated carbocycles. The van der Waals surface area contributed by atoms with Gasteiger partial charge in [-0.15, -0.1) is 0 Å². The third kappa shape index (κ3) is 1.74. The van der Waals surface area contributed by atoms with Gasteiger partial charge in [0.15, 0.2) is 0 Å². The van der Waals surface area contributed by atoms with Gasteiger partial charge >= 0.3 is 0 Å². The topological polar surface area (TPSA) is 20.2 Å². The minimum Gasteiger partial charge on any atom is -0.508 e. The standard InChI is InChI=1S/C9H11BrO/c1-3-7-5-9(11)6(2)4-8(7)10/h4-5,11H,3H2,1-2H3. The summed E-state index contributed by atoms with van der Waals surface area (Å²) >= 11 is 3.43. The van der Waals surface area contributed by atoms with E-state index in [-0.39, 0.29) is 0 Å². The quantitative estimate of drug-likeness (QED) is 0.763. The molecule has 0 amide bonds. The van der Waals surface area contributed by atoms with Crippen LogP contribution in [0.2, 0.25) is 0 Å². The molecule has 0 aromatic heterocycles. The molecule has 1 rings (SSSR count). The summed E-state index contributed by atoms with van der Waals surface area (Å²) in [5.41, 5.74) is 2.06. The molecule has 0 heterocycles. The molecule has 0 spiro atoms. The maximum absolute atomic E-state index is 9.33. The second-order valence-electron chi connectivity index (χ2n) is 2.58. The van der Waals surface area contributed by atoms with Gasteiger partial charge in [-0.1, -0.05) is 22.9 Å². The lowest BCUT2D eigenvalue weighted by Crippen LogP contribution is -1.84. The molecular formula is C9H11BrO. The van der Waals surface area contributed by atoms with Crippen LogP contribution in [0.1, 0.15) is 18.1 Å². The van der Waals surface area contributed by atoms with Gasteiger partial charge in [-0.2, -0.15) is 0 Å². The zero-order chi connectivity index (χ0) is 8.43. The lowest BCUT2D eigenvalue weighted by atomic mass is 10.1. The number of benzene rings is 1. The highest BCUT2D eigenvalue weighted by molar-refractivity contribution is 9.10. The highest BCUT2D eigenvalue weighted by atomic mass is 79.9. The van der Waals surface area contributed by atoms with E-state index in [1.54, 1.807) is 6.07 Å². The monoisotopic (exact) mass is 214 g/mol. The van der Waals surface area contributed by atoms with Crippen LogP contribution in [-0.2, 0) is 6.42 Å². The van der Waals surface area contributed by atoms with Gasteiger partial charge in [-0.05, 0) is 36.6 Å². The van der Waals surface area contributed by atoms with Crippen molar-refractivity contribution in [3.8, 4) is 5.75 Å². The van der Waals surface area contributed by atoms with Gasteiger partial charge < -0.3 is 5.11 Å². The largest absolute Gasteiger partial charge is 0.508 e. The van der Waals surface area contributed by atoms with E-state index >= 15 is 0 Å². The molecule has 1 aromatic rings. The second kappa shape index (κ2) is 3.26. The number of phenols is 1. The van der Waals surface area contributed by atoms with E-state index in [0.29, 0.717) is 5.75 Å². The number of aryl methyl sites for hydroxylation is 2. The van der Waals surface area contributed by atoms with Crippen molar-refractivity contribution in [3.05, 3.63) is 27.7 Å². The van der Waals surface area contributed by atoms with Crippen molar-refractivity contribution < 1.29 is 5.11 Å².